The van der Waals surface area contributed by atoms with E-state index in [1.165, 1.54) is 0 Å². The fourth-order valence-corrected chi connectivity index (χ4v) is 1.94. The van der Waals surface area contributed by atoms with E-state index in [0.717, 1.165) is 11.1 Å². The maximum Gasteiger partial charge on any atom is 0.305 e. The van der Waals surface area contributed by atoms with Crippen molar-refractivity contribution in [1.29, 1.82) is 0 Å². The summed E-state index contributed by atoms with van der Waals surface area (Å²) < 4.78 is 5.44. The van der Waals surface area contributed by atoms with Gasteiger partial charge in [0.05, 0.1) is 6.42 Å². The summed E-state index contributed by atoms with van der Waals surface area (Å²) in [6.45, 7) is 7.09. The Bertz CT molecular complexity index is 509. The third-order valence-electron chi connectivity index (χ3n) is 2.76. The highest BCUT2D eigenvalue weighted by molar-refractivity contribution is 5.79. The van der Waals surface area contributed by atoms with Crippen molar-refractivity contribution in [3.8, 4) is 5.75 Å². The summed E-state index contributed by atoms with van der Waals surface area (Å²) in [7, 11) is 0. The van der Waals surface area contributed by atoms with E-state index in [0.29, 0.717) is 5.75 Å². The van der Waals surface area contributed by atoms with Gasteiger partial charge in [0, 0.05) is 5.54 Å². The fourth-order valence-electron chi connectivity index (χ4n) is 1.94. The highest BCUT2D eigenvalue weighted by atomic mass is 16.5. The Morgan fingerprint density at radius 2 is 1.95 bits per heavy atom. The molecule has 20 heavy (non-hydrogen) atoms. The molecule has 5 nitrogen and oxygen atoms in total. The summed E-state index contributed by atoms with van der Waals surface area (Å²) in [5, 5.41) is 11.4. The first-order valence-electron chi connectivity index (χ1n) is 6.42. The van der Waals surface area contributed by atoms with E-state index in [1.807, 2.05) is 32.0 Å². The Morgan fingerprint density at radius 1 is 1.30 bits per heavy atom. The summed E-state index contributed by atoms with van der Waals surface area (Å²) in [6, 6.07) is 5.70. The molecular formula is C15H21NO4. The van der Waals surface area contributed by atoms with Crippen molar-refractivity contribution in [2.45, 2.75) is 39.7 Å². The summed E-state index contributed by atoms with van der Waals surface area (Å²) in [6.07, 6.45) is -0.137. The van der Waals surface area contributed by atoms with Crippen molar-refractivity contribution in [2.24, 2.45) is 0 Å². The van der Waals surface area contributed by atoms with Gasteiger partial charge >= 0.3 is 5.97 Å². The minimum absolute atomic E-state index is 0.132. The molecule has 0 fully saturated rings. The van der Waals surface area contributed by atoms with E-state index >= 15 is 0 Å². The monoisotopic (exact) mass is 279 g/mol. The average molecular weight is 279 g/mol. The number of benzene rings is 1. The number of nitrogens with one attached hydrogen (secondary N) is 1. The average Bonchev–Trinajstić information content (AvgIpc) is 2.24. The number of amides is 1. The molecule has 0 aliphatic carbocycles. The second-order valence-electron chi connectivity index (χ2n) is 5.56. The first kappa shape index (κ1) is 16.0. The van der Waals surface area contributed by atoms with E-state index in [-0.39, 0.29) is 18.9 Å². The van der Waals surface area contributed by atoms with Crippen LogP contribution in [-0.2, 0) is 9.59 Å². The van der Waals surface area contributed by atoms with Gasteiger partial charge in [0.15, 0.2) is 6.61 Å². The molecule has 1 rings (SSSR count). The first-order chi connectivity index (χ1) is 9.19. The lowest BCUT2D eigenvalue weighted by atomic mass is 10.0. The third kappa shape index (κ3) is 5.30. The van der Waals surface area contributed by atoms with Gasteiger partial charge in [-0.15, -0.1) is 0 Å². The number of hydrogen-bond donors (Lipinski definition) is 2. The van der Waals surface area contributed by atoms with Crippen molar-refractivity contribution in [2.75, 3.05) is 6.61 Å². The van der Waals surface area contributed by atoms with E-state index in [4.69, 9.17) is 9.84 Å². The van der Waals surface area contributed by atoms with Crippen LogP contribution in [0.5, 0.6) is 5.75 Å². The Morgan fingerprint density at radius 3 is 2.50 bits per heavy atom. The standard InChI is InChI=1S/C15H21NO4/c1-10-5-6-12(11(2)7-10)20-9-13(17)16-15(3,4)8-14(18)19/h5-7H,8-9H2,1-4H3,(H,16,17)(H,18,19). The zero-order valence-electron chi connectivity index (χ0n) is 12.3. The van der Waals surface area contributed by atoms with Crippen LogP contribution >= 0.6 is 0 Å². The molecule has 0 aliphatic heterocycles. The number of carbonyl (C=O) groups is 2. The quantitative estimate of drug-likeness (QED) is 0.835. The van der Waals surface area contributed by atoms with Crippen LogP contribution < -0.4 is 10.1 Å². The molecule has 1 aromatic carbocycles. The van der Waals surface area contributed by atoms with Crippen LogP contribution in [0.2, 0.25) is 0 Å². The van der Waals surface area contributed by atoms with E-state index in [9.17, 15) is 9.59 Å². The maximum atomic E-state index is 11.8. The topological polar surface area (TPSA) is 75.6 Å². The van der Waals surface area contributed by atoms with Crippen molar-refractivity contribution in [3.05, 3.63) is 29.3 Å². The van der Waals surface area contributed by atoms with Gasteiger partial charge in [-0.05, 0) is 39.3 Å². The molecule has 0 saturated carbocycles. The van der Waals surface area contributed by atoms with Gasteiger partial charge in [-0.25, -0.2) is 0 Å². The second-order valence-corrected chi connectivity index (χ2v) is 5.56. The molecule has 0 unspecified atom stereocenters. The Kier molecular flexibility index (Phi) is 5.13. The van der Waals surface area contributed by atoms with Gasteiger partial charge in [0.2, 0.25) is 0 Å². The molecular weight excluding hydrogens is 258 g/mol. The number of aliphatic carboxylic acids is 1. The minimum atomic E-state index is -0.953. The van der Waals surface area contributed by atoms with Crippen LogP contribution in [0.1, 0.15) is 31.4 Å². The fraction of sp³-hybridized carbons (Fsp3) is 0.467. The van der Waals surface area contributed by atoms with Gasteiger partial charge in [0.25, 0.3) is 5.91 Å². The first-order valence-corrected chi connectivity index (χ1v) is 6.42. The molecule has 0 aliphatic rings. The van der Waals surface area contributed by atoms with E-state index in [1.54, 1.807) is 13.8 Å². The van der Waals surface area contributed by atoms with Crippen molar-refractivity contribution < 1.29 is 19.4 Å². The number of carboxylic acid groups (broad SMARTS) is 1. The van der Waals surface area contributed by atoms with Crippen LogP contribution in [0.25, 0.3) is 0 Å². The zero-order chi connectivity index (χ0) is 15.3. The van der Waals surface area contributed by atoms with Crippen LogP contribution in [0.4, 0.5) is 0 Å². The smallest absolute Gasteiger partial charge is 0.305 e. The molecule has 1 aromatic rings. The molecule has 0 spiro atoms. The van der Waals surface area contributed by atoms with Crippen LogP contribution in [0, 0.1) is 13.8 Å². The summed E-state index contributed by atoms with van der Waals surface area (Å²) in [4.78, 5) is 22.4. The summed E-state index contributed by atoms with van der Waals surface area (Å²) in [5.74, 6) is -0.636. The van der Waals surface area contributed by atoms with E-state index in [2.05, 4.69) is 5.32 Å². The van der Waals surface area contributed by atoms with Gasteiger partial charge in [-0.3, -0.25) is 9.59 Å². The van der Waals surface area contributed by atoms with E-state index < -0.39 is 11.5 Å². The predicted molar refractivity (Wildman–Crippen MR) is 75.9 cm³/mol. The Labute approximate surface area is 118 Å². The molecule has 1 amide bonds. The normalized spacial score (nSPS) is 11.0. The lowest BCUT2D eigenvalue weighted by molar-refractivity contribution is -0.138. The Hall–Kier alpha value is -2.04. The highest BCUT2D eigenvalue weighted by Gasteiger charge is 2.23. The molecule has 0 radical (unpaired) electrons. The zero-order valence-corrected chi connectivity index (χ0v) is 12.3. The second kappa shape index (κ2) is 6.41. The summed E-state index contributed by atoms with van der Waals surface area (Å²) >= 11 is 0. The predicted octanol–water partition coefficient (Wildman–Crippen LogP) is 2.05. The lowest BCUT2D eigenvalue weighted by Gasteiger charge is -2.24. The number of aryl methyl sites for hydroxylation is 2. The molecule has 0 aromatic heterocycles. The number of rotatable bonds is 6. The van der Waals surface area contributed by atoms with Gasteiger partial charge in [-0.2, -0.15) is 0 Å². The summed E-state index contributed by atoms with van der Waals surface area (Å²) in [5.41, 5.74) is 1.29. The van der Waals surface area contributed by atoms with Crippen LogP contribution in [-0.4, -0.2) is 29.1 Å². The maximum absolute atomic E-state index is 11.8. The molecule has 0 bridgehead atoms. The number of carboxylic acids is 1. The number of hydrogen-bond acceptors (Lipinski definition) is 3. The van der Waals surface area contributed by atoms with Gasteiger partial charge in [-0.1, -0.05) is 17.7 Å². The van der Waals surface area contributed by atoms with Crippen LogP contribution in [0.15, 0.2) is 18.2 Å². The number of ether oxygens (including phenoxy) is 1. The highest BCUT2D eigenvalue weighted by Crippen LogP contribution is 2.18. The Balaban J connectivity index is 2.53. The van der Waals surface area contributed by atoms with Crippen molar-refractivity contribution in [1.82, 2.24) is 5.32 Å². The molecule has 5 heteroatoms. The van der Waals surface area contributed by atoms with Crippen molar-refractivity contribution in [3.63, 3.8) is 0 Å². The SMILES string of the molecule is Cc1ccc(OCC(=O)NC(C)(C)CC(=O)O)c(C)c1. The molecule has 0 heterocycles. The molecule has 110 valence electrons. The molecule has 0 atom stereocenters. The molecule has 2 N–H and O–H groups in total. The van der Waals surface area contributed by atoms with Crippen LogP contribution in [0.3, 0.4) is 0 Å². The minimum Gasteiger partial charge on any atom is -0.484 e. The lowest BCUT2D eigenvalue weighted by Crippen LogP contribution is -2.46. The number of carbonyl (C=O) groups excluding carboxylic acids is 1. The largest absolute Gasteiger partial charge is 0.484 e. The molecule has 0 saturated heterocycles. The van der Waals surface area contributed by atoms with Crippen molar-refractivity contribution >= 4 is 11.9 Å². The third-order valence-corrected chi connectivity index (χ3v) is 2.76. The van der Waals surface area contributed by atoms with Gasteiger partial charge in [0.1, 0.15) is 5.75 Å². The van der Waals surface area contributed by atoms with Gasteiger partial charge < -0.3 is 15.2 Å².